The molecule has 0 aliphatic rings. The fourth-order valence-corrected chi connectivity index (χ4v) is 4.13. The van der Waals surface area contributed by atoms with Gasteiger partial charge in [-0.25, -0.2) is 9.78 Å². The zero-order chi connectivity index (χ0) is 24.5. The van der Waals surface area contributed by atoms with Crippen LogP contribution in [-0.4, -0.2) is 53.8 Å². The minimum absolute atomic E-state index is 0.308. The predicted molar refractivity (Wildman–Crippen MR) is 135 cm³/mol. The molecule has 0 aliphatic heterocycles. The van der Waals surface area contributed by atoms with E-state index in [2.05, 4.69) is 15.6 Å². The summed E-state index contributed by atoms with van der Waals surface area (Å²) in [7, 11) is -2.40. The van der Waals surface area contributed by atoms with E-state index in [4.69, 9.17) is 0 Å². The molecule has 0 radical (unpaired) electrons. The van der Waals surface area contributed by atoms with E-state index in [1.54, 1.807) is 30.3 Å². The lowest BCUT2D eigenvalue weighted by molar-refractivity contribution is -0.139. The summed E-state index contributed by atoms with van der Waals surface area (Å²) in [5.41, 5.74) is 2.64. The number of benzene rings is 2. The van der Waals surface area contributed by atoms with E-state index in [0.29, 0.717) is 40.4 Å². The molecule has 1 aromatic heterocycles. The zero-order valence-corrected chi connectivity index (χ0v) is 19.9. The highest BCUT2D eigenvalue weighted by atomic mass is 32.2. The van der Waals surface area contributed by atoms with Gasteiger partial charge in [-0.15, -0.1) is 0 Å². The third kappa shape index (κ3) is 6.69. The molecule has 1 amide bonds. The number of carbonyl (C=O) groups excluding carboxylic acids is 1. The van der Waals surface area contributed by atoms with Crippen molar-refractivity contribution in [1.82, 2.24) is 10.3 Å². The number of pyridine rings is 1. The number of hydrogen-bond acceptors (Lipinski definition) is 7. The van der Waals surface area contributed by atoms with Gasteiger partial charge in [-0.1, -0.05) is 30.3 Å². The van der Waals surface area contributed by atoms with Crippen LogP contribution in [0.2, 0.25) is 0 Å². The number of hydrogen-bond donors (Lipinski definition) is 3. The van der Waals surface area contributed by atoms with Crippen LogP contribution in [0.15, 0.2) is 66.9 Å². The SMILES string of the molecule is CSCCC(NC(=O)c1ccc(Nc2ncccc2C=S(=O)=O)cc1-c1ccccc1)C(=O)O. The number of amides is 1. The van der Waals surface area contributed by atoms with Crippen LogP contribution in [0.5, 0.6) is 0 Å². The van der Waals surface area contributed by atoms with Crippen LogP contribution in [-0.2, 0) is 15.1 Å². The van der Waals surface area contributed by atoms with E-state index in [1.165, 1.54) is 18.0 Å². The van der Waals surface area contributed by atoms with Gasteiger partial charge in [0, 0.05) is 23.0 Å². The van der Waals surface area contributed by atoms with Gasteiger partial charge >= 0.3 is 5.97 Å². The number of aromatic nitrogens is 1. The maximum absolute atomic E-state index is 13.1. The maximum Gasteiger partial charge on any atom is 0.326 e. The van der Waals surface area contributed by atoms with E-state index in [1.807, 2.05) is 36.6 Å². The molecule has 1 unspecified atom stereocenters. The van der Waals surface area contributed by atoms with E-state index in [0.717, 1.165) is 10.9 Å². The molecule has 3 aromatic rings. The van der Waals surface area contributed by atoms with Crippen LogP contribution in [0.25, 0.3) is 11.1 Å². The van der Waals surface area contributed by atoms with Gasteiger partial charge in [-0.2, -0.15) is 20.2 Å². The summed E-state index contributed by atoms with van der Waals surface area (Å²) in [4.78, 5) is 28.9. The van der Waals surface area contributed by atoms with Crippen LogP contribution < -0.4 is 10.6 Å². The number of anilines is 2. The molecule has 2 aromatic carbocycles. The van der Waals surface area contributed by atoms with Crippen LogP contribution >= 0.6 is 11.8 Å². The fourth-order valence-electron chi connectivity index (χ4n) is 3.26. The third-order valence-corrected chi connectivity index (χ3v) is 5.98. The largest absolute Gasteiger partial charge is 0.480 e. The van der Waals surface area contributed by atoms with Gasteiger partial charge in [0.15, 0.2) is 0 Å². The second-order valence-corrected chi connectivity index (χ2v) is 8.96. The lowest BCUT2D eigenvalue weighted by Crippen LogP contribution is -2.41. The third-order valence-electron chi connectivity index (χ3n) is 4.89. The maximum atomic E-state index is 13.1. The fraction of sp³-hybridized carbons (Fsp3) is 0.167. The van der Waals surface area contributed by atoms with Gasteiger partial charge in [-0.05, 0) is 59.9 Å². The molecule has 0 fully saturated rings. The Morgan fingerprint density at radius 3 is 2.56 bits per heavy atom. The van der Waals surface area contributed by atoms with Crippen molar-refractivity contribution < 1.29 is 23.1 Å². The van der Waals surface area contributed by atoms with Crippen molar-refractivity contribution >= 4 is 50.8 Å². The Balaban J connectivity index is 1.99. The molecule has 3 rings (SSSR count). The summed E-state index contributed by atoms with van der Waals surface area (Å²) in [6.07, 6.45) is 3.72. The van der Waals surface area contributed by atoms with E-state index >= 15 is 0 Å². The molecular weight excluding hydrogens is 474 g/mol. The van der Waals surface area contributed by atoms with Crippen molar-refractivity contribution in [2.45, 2.75) is 12.5 Å². The minimum atomic E-state index is -2.40. The second-order valence-electron chi connectivity index (χ2n) is 7.22. The Morgan fingerprint density at radius 2 is 1.88 bits per heavy atom. The number of carboxylic acid groups (broad SMARTS) is 1. The van der Waals surface area contributed by atoms with E-state index in [9.17, 15) is 23.1 Å². The number of rotatable bonds is 10. The first kappa shape index (κ1) is 25.0. The second kappa shape index (κ2) is 12.0. The van der Waals surface area contributed by atoms with Crippen molar-refractivity contribution in [2.24, 2.45) is 0 Å². The number of nitrogens with zero attached hydrogens (tertiary/aromatic N) is 1. The topological polar surface area (TPSA) is 125 Å². The van der Waals surface area contributed by atoms with Crippen LogP contribution in [0.3, 0.4) is 0 Å². The molecule has 0 bridgehead atoms. The molecule has 1 atom stereocenters. The number of thioether (sulfide) groups is 1. The normalized spacial score (nSPS) is 11.3. The van der Waals surface area contributed by atoms with Gasteiger partial charge in [0.1, 0.15) is 11.9 Å². The summed E-state index contributed by atoms with van der Waals surface area (Å²) in [5, 5.41) is 16.3. The molecule has 10 heteroatoms. The molecule has 3 N–H and O–H groups in total. The van der Waals surface area contributed by atoms with Crippen molar-refractivity contribution in [1.29, 1.82) is 0 Å². The Hall–Kier alpha value is -3.63. The van der Waals surface area contributed by atoms with Gasteiger partial charge in [0.05, 0.1) is 5.37 Å². The van der Waals surface area contributed by atoms with Crippen molar-refractivity contribution in [3.8, 4) is 11.1 Å². The quantitative estimate of drug-likeness (QED) is 0.364. The van der Waals surface area contributed by atoms with E-state index in [-0.39, 0.29) is 0 Å². The van der Waals surface area contributed by atoms with Crippen LogP contribution in [0.4, 0.5) is 11.5 Å². The lowest BCUT2D eigenvalue weighted by Gasteiger charge is -2.17. The molecule has 176 valence electrons. The number of carboxylic acids is 1. The monoisotopic (exact) mass is 497 g/mol. The molecule has 34 heavy (non-hydrogen) atoms. The standard InChI is InChI=1S/C24H23N3O5S2/c1-33-13-11-21(24(29)30)27-23(28)19-10-9-18(14-20(19)16-6-3-2-4-7-16)26-22-17(15-34(31)32)8-5-12-25-22/h2-10,12,14-15,21H,11,13H2,1H3,(H,25,26)(H,27,28)(H,29,30). The first-order valence-corrected chi connectivity index (χ1v) is 12.8. The summed E-state index contributed by atoms with van der Waals surface area (Å²) >= 11 is 1.51. The Kier molecular flexibility index (Phi) is 8.83. The summed E-state index contributed by atoms with van der Waals surface area (Å²) in [6, 6.07) is 16.5. The zero-order valence-electron chi connectivity index (χ0n) is 18.3. The van der Waals surface area contributed by atoms with Crippen LogP contribution in [0, 0.1) is 0 Å². The van der Waals surface area contributed by atoms with Crippen molar-refractivity contribution in [3.63, 3.8) is 0 Å². The van der Waals surface area contributed by atoms with Gasteiger partial charge in [0.2, 0.25) is 10.3 Å². The molecule has 8 nitrogen and oxygen atoms in total. The molecule has 0 aliphatic carbocycles. The average molecular weight is 498 g/mol. The van der Waals surface area contributed by atoms with Crippen molar-refractivity contribution in [3.05, 3.63) is 78.0 Å². The first-order valence-electron chi connectivity index (χ1n) is 10.3. The average Bonchev–Trinajstić information content (AvgIpc) is 2.83. The highest BCUT2D eigenvalue weighted by Crippen LogP contribution is 2.29. The summed E-state index contributed by atoms with van der Waals surface area (Å²) in [5.74, 6) is -0.640. The molecule has 0 saturated heterocycles. The number of carbonyl (C=O) groups is 2. The lowest BCUT2D eigenvalue weighted by atomic mass is 9.98. The van der Waals surface area contributed by atoms with Crippen LogP contribution in [0.1, 0.15) is 22.3 Å². The molecule has 0 saturated carbocycles. The predicted octanol–water partition coefficient (Wildman–Crippen LogP) is 3.46. The molecule has 1 heterocycles. The van der Waals surface area contributed by atoms with Gasteiger partial charge in [0.25, 0.3) is 5.91 Å². The smallest absolute Gasteiger partial charge is 0.326 e. The molecular formula is C24H23N3O5S2. The Labute approximate surface area is 203 Å². The van der Waals surface area contributed by atoms with Crippen molar-refractivity contribution in [2.75, 3.05) is 17.3 Å². The summed E-state index contributed by atoms with van der Waals surface area (Å²) in [6.45, 7) is 0. The van der Waals surface area contributed by atoms with Gasteiger partial charge in [-0.3, -0.25) is 4.79 Å². The highest BCUT2D eigenvalue weighted by molar-refractivity contribution is 7.98. The number of aliphatic carboxylic acids is 1. The van der Waals surface area contributed by atoms with E-state index < -0.39 is 28.2 Å². The minimum Gasteiger partial charge on any atom is -0.480 e. The first-order chi connectivity index (χ1) is 16.4. The number of nitrogens with one attached hydrogen (secondary N) is 2. The highest BCUT2D eigenvalue weighted by Gasteiger charge is 2.22. The van der Waals surface area contributed by atoms with Gasteiger partial charge < -0.3 is 15.7 Å². The Bertz CT molecular complexity index is 1300. The summed E-state index contributed by atoms with van der Waals surface area (Å²) < 4.78 is 22.3. The molecule has 0 spiro atoms. The Morgan fingerprint density at radius 1 is 1.12 bits per heavy atom.